The van der Waals surface area contributed by atoms with E-state index in [1.807, 2.05) is 0 Å². The summed E-state index contributed by atoms with van der Waals surface area (Å²) in [7, 11) is 0. The van der Waals surface area contributed by atoms with Crippen molar-refractivity contribution in [2.45, 2.75) is 26.6 Å². The summed E-state index contributed by atoms with van der Waals surface area (Å²) in [6.45, 7) is 4.49. The summed E-state index contributed by atoms with van der Waals surface area (Å²) >= 11 is 3.51. The minimum Gasteiger partial charge on any atom is -0.326 e. The summed E-state index contributed by atoms with van der Waals surface area (Å²) in [6, 6.07) is 14.8. The Hall–Kier alpha value is -1.16. The van der Waals surface area contributed by atoms with Crippen molar-refractivity contribution in [2.75, 3.05) is 0 Å². The van der Waals surface area contributed by atoms with Gasteiger partial charge in [-0.25, -0.2) is 0 Å². The average Bonchev–Trinajstić information content (AvgIpc) is 2.43. The summed E-state index contributed by atoms with van der Waals surface area (Å²) in [4.78, 5) is 0. The lowest BCUT2D eigenvalue weighted by atomic mass is 10.1. The van der Waals surface area contributed by atoms with Crippen LogP contribution in [-0.4, -0.2) is 0 Å². The predicted octanol–water partition coefficient (Wildman–Crippen LogP) is 3.51. The Kier molecular flexibility index (Phi) is 5.14. The largest absolute Gasteiger partial charge is 0.326 e. The zero-order valence-corrected chi connectivity index (χ0v) is 12.7. The van der Waals surface area contributed by atoms with Gasteiger partial charge in [-0.2, -0.15) is 0 Å². The molecule has 2 rings (SSSR count). The molecule has 0 amide bonds. The lowest BCUT2D eigenvalue weighted by Crippen LogP contribution is -2.13. The van der Waals surface area contributed by atoms with Crippen molar-refractivity contribution in [3.05, 3.63) is 69.2 Å². The first-order chi connectivity index (χ1) is 9.19. The van der Waals surface area contributed by atoms with Gasteiger partial charge in [-0.3, -0.25) is 0 Å². The van der Waals surface area contributed by atoms with Crippen LogP contribution < -0.4 is 11.1 Å². The van der Waals surface area contributed by atoms with Gasteiger partial charge in [0, 0.05) is 24.1 Å². The molecular weight excluding hydrogens is 300 g/mol. The Morgan fingerprint density at radius 3 is 2.37 bits per heavy atom. The highest BCUT2D eigenvalue weighted by Crippen LogP contribution is 2.16. The third kappa shape index (κ3) is 4.16. The molecule has 2 aromatic rings. The van der Waals surface area contributed by atoms with Gasteiger partial charge in [0.1, 0.15) is 0 Å². The van der Waals surface area contributed by atoms with Gasteiger partial charge in [0.25, 0.3) is 0 Å². The smallest absolute Gasteiger partial charge is 0.0211 e. The Morgan fingerprint density at radius 1 is 1.00 bits per heavy atom. The van der Waals surface area contributed by atoms with E-state index in [4.69, 9.17) is 5.73 Å². The van der Waals surface area contributed by atoms with E-state index in [1.165, 1.54) is 22.3 Å². The molecule has 19 heavy (non-hydrogen) atoms. The molecule has 3 heteroatoms. The lowest BCUT2D eigenvalue weighted by molar-refractivity contribution is 0.690. The third-order valence-corrected chi connectivity index (χ3v) is 3.71. The van der Waals surface area contributed by atoms with Crippen LogP contribution in [0.4, 0.5) is 0 Å². The zero-order chi connectivity index (χ0) is 13.7. The van der Waals surface area contributed by atoms with Crippen LogP contribution in [0.2, 0.25) is 0 Å². The second kappa shape index (κ2) is 6.85. The molecule has 0 saturated heterocycles. The van der Waals surface area contributed by atoms with Crippen molar-refractivity contribution >= 4 is 15.9 Å². The minimum absolute atomic E-state index is 0.602. The fourth-order valence-corrected chi connectivity index (χ4v) is 2.37. The quantitative estimate of drug-likeness (QED) is 0.885. The number of nitrogens with two attached hydrogens (primary N) is 1. The molecule has 0 aliphatic heterocycles. The van der Waals surface area contributed by atoms with Gasteiger partial charge in [-0.05, 0) is 41.3 Å². The predicted molar refractivity (Wildman–Crippen MR) is 83.8 cm³/mol. The van der Waals surface area contributed by atoms with Crippen molar-refractivity contribution in [1.29, 1.82) is 0 Å². The second-order valence-electron chi connectivity index (χ2n) is 4.69. The van der Waals surface area contributed by atoms with Gasteiger partial charge in [-0.1, -0.05) is 46.3 Å². The number of halogens is 1. The number of hydrogen-bond acceptors (Lipinski definition) is 2. The standard InChI is InChI=1S/C16H19BrN2/c1-12-2-7-16(17)8-15(12)11-19-10-14-5-3-13(9-18)4-6-14/h2-8,19H,9-11,18H2,1H3. The Morgan fingerprint density at radius 2 is 1.68 bits per heavy atom. The second-order valence-corrected chi connectivity index (χ2v) is 5.61. The molecule has 0 aliphatic rings. The fourth-order valence-electron chi connectivity index (χ4n) is 1.97. The van der Waals surface area contributed by atoms with Crippen molar-refractivity contribution in [3.63, 3.8) is 0 Å². The van der Waals surface area contributed by atoms with Crippen molar-refractivity contribution in [2.24, 2.45) is 5.73 Å². The first-order valence-corrected chi connectivity index (χ1v) is 7.22. The number of hydrogen-bond donors (Lipinski definition) is 2. The first kappa shape index (κ1) is 14.3. The molecule has 2 nitrogen and oxygen atoms in total. The Bertz CT molecular complexity index is 535. The maximum absolute atomic E-state index is 5.59. The normalized spacial score (nSPS) is 10.7. The summed E-state index contributed by atoms with van der Waals surface area (Å²) in [5.41, 5.74) is 10.7. The van der Waals surface area contributed by atoms with Gasteiger partial charge in [0.05, 0.1) is 0 Å². The van der Waals surface area contributed by atoms with Gasteiger partial charge < -0.3 is 11.1 Å². The maximum Gasteiger partial charge on any atom is 0.0211 e. The van der Waals surface area contributed by atoms with Crippen LogP contribution in [0.3, 0.4) is 0 Å². The van der Waals surface area contributed by atoms with Crippen molar-refractivity contribution in [1.82, 2.24) is 5.32 Å². The van der Waals surface area contributed by atoms with Crippen LogP contribution in [-0.2, 0) is 19.6 Å². The molecule has 0 unspecified atom stereocenters. The summed E-state index contributed by atoms with van der Waals surface area (Å²) < 4.78 is 1.13. The highest BCUT2D eigenvalue weighted by atomic mass is 79.9. The SMILES string of the molecule is Cc1ccc(Br)cc1CNCc1ccc(CN)cc1. The van der Waals surface area contributed by atoms with Crippen molar-refractivity contribution < 1.29 is 0 Å². The maximum atomic E-state index is 5.59. The topological polar surface area (TPSA) is 38.0 Å². The van der Waals surface area contributed by atoms with E-state index in [1.54, 1.807) is 0 Å². The number of aryl methyl sites for hydroxylation is 1. The van der Waals surface area contributed by atoms with E-state index in [9.17, 15) is 0 Å². The molecular formula is C16H19BrN2. The number of rotatable bonds is 5. The van der Waals surface area contributed by atoms with Crippen LogP contribution in [0.5, 0.6) is 0 Å². The monoisotopic (exact) mass is 318 g/mol. The molecule has 2 aromatic carbocycles. The van der Waals surface area contributed by atoms with Crippen LogP contribution in [0.1, 0.15) is 22.3 Å². The molecule has 0 heterocycles. The van der Waals surface area contributed by atoms with Crippen LogP contribution in [0, 0.1) is 6.92 Å². The Balaban J connectivity index is 1.90. The molecule has 0 atom stereocenters. The van der Waals surface area contributed by atoms with E-state index >= 15 is 0 Å². The van der Waals surface area contributed by atoms with Gasteiger partial charge >= 0.3 is 0 Å². The Labute approximate surface area is 123 Å². The van der Waals surface area contributed by atoms with E-state index in [2.05, 4.69) is 70.6 Å². The van der Waals surface area contributed by atoms with E-state index in [-0.39, 0.29) is 0 Å². The molecule has 0 bridgehead atoms. The molecule has 0 spiro atoms. The van der Waals surface area contributed by atoms with E-state index in [0.717, 1.165) is 17.6 Å². The van der Waals surface area contributed by atoms with Crippen LogP contribution in [0.15, 0.2) is 46.9 Å². The molecule has 3 N–H and O–H groups in total. The summed E-state index contributed by atoms with van der Waals surface area (Å²) in [5.74, 6) is 0. The molecule has 0 aliphatic carbocycles. The zero-order valence-electron chi connectivity index (χ0n) is 11.1. The van der Waals surface area contributed by atoms with Crippen LogP contribution >= 0.6 is 15.9 Å². The highest BCUT2D eigenvalue weighted by Gasteiger charge is 1.99. The summed E-state index contributed by atoms with van der Waals surface area (Å²) in [5, 5.41) is 3.47. The molecule has 0 aromatic heterocycles. The van der Waals surface area contributed by atoms with Gasteiger partial charge in [-0.15, -0.1) is 0 Å². The van der Waals surface area contributed by atoms with Crippen molar-refractivity contribution in [3.8, 4) is 0 Å². The number of nitrogens with one attached hydrogen (secondary N) is 1. The fraction of sp³-hybridized carbons (Fsp3) is 0.250. The lowest BCUT2D eigenvalue weighted by Gasteiger charge is -2.09. The van der Waals surface area contributed by atoms with E-state index in [0.29, 0.717) is 6.54 Å². The van der Waals surface area contributed by atoms with E-state index < -0.39 is 0 Å². The highest BCUT2D eigenvalue weighted by molar-refractivity contribution is 9.10. The minimum atomic E-state index is 0.602. The average molecular weight is 319 g/mol. The molecule has 0 saturated carbocycles. The molecule has 0 radical (unpaired) electrons. The molecule has 100 valence electrons. The third-order valence-electron chi connectivity index (χ3n) is 3.21. The summed E-state index contributed by atoms with van der Waals surface area (Å²) in [6.07, 6.45) is 0. The van der Waals surface area contributed by atoms with Crippen LogP contribution in [0.25, 0.3) is 0 Å². The molecule has 0 fully saturated rings. The first-order valence-electron chi connectivity index (χ1n) is 6.42. The van der Waals surface area contributed by atoms with Gasteiger partial charge in [0.2, 0.25) is 0 Å². The van der Waals surface area contributed by atoms with Gasteiger partial charge in [0.15, 0.2) is 0 Å². The number of benzene rings is 2.